The minimum atomic E-state index is -0.990. The topological polar surface area (TPSA) is 56.7 Å². The number of benzene rings is 2. The third kappa shape index (κ3) is 4.74. The van der Waals surface area contributed by atoms with Gasteiger partial charge >= 0.3 is 0 Å². The van der Waals surface area contributed by atoms with Gasteiger partial charge in [0.25, 0.3) is 0 Å². The first-order valence-electron chi connectivity index (χ1n) is 12.4. The second-order valence-corrected chi connectivity index (χ2v) is 10.9. The molecule has 190 valence electrons. The number of carbonyl (C=O) groups is 1. The molecule has 6 heteroatoms. The van der Waals surface area contributed by atoms with Gasteiger partial charge in [-0.2, -0.15) is 0 Å². The molecular weight excluding hydrogens is 453 g/mol. The van der Waals surface area contributed by atoms with Gasteiger partial charge in [-0.15, -0.1) is 0 Å². The largest absolute Gasteiger partial charge is 0.371 e. The predicted molar refractivity (Wildman–Crippen MR) is 144 cm³/mol. The van der Waals surface area contributed by atoms with Crippen molar-refractivity contribution in [2.75, 3.05) is 23.4 Å². The first-order valence-corrected chi connectivity index (χ1v) is 12.4. The number of likely N-dealkylation sites (N-methyl/N-ethyl adjacent to an activating group) is 1. The van der Waals surface area contributed by atoms with Gasteiger partial charge < -0.3 is 14.9 Å². The number of rotatable bonds is 5. The van der Waals surface area contributed by atoms with Crippen LogP contribution in [-0.4, -0.2) is 35.3 Å². The number of halogens is 1. The number of aromatic nitrogens is 1. The van der Waals surface area contributed by atoms with Gasteiger partial charge in [0, 0.05) is 19.2 Å². The summed E-state index contributed by atoms with van der Waals surface area (Å²) in [5.74, 6) is 0.251. The molecule has 1 fully saturated rings. The zero-order valence-electron chi connectivity index (χ0n) is 22.3. The molecule has 1 atom stereocenters. The molecule has 0 unspecified atom stereocenters. The van der Waals surface area contributed by atoms with Crippen LogP contribution in [0.1, 0.15) is 55.9 Å². The van der Waals surface area contributed by atoms with Crippen LogP contribution in [-0.2, 0) is 10.2 Å². The third-order valence-corrected chi connectivity index (χ3v) is 7.38. The molecule has 0 radical (unpaired) electrons. The fourth-order valence-corrected chi connectivity index (χ4v) is 5.29. The van der Waals surface area contributed by atoms with E-state index in [1.54, 1.807) is 31.1 Å². The Labute approximate surface area is 213 Å². The van der Waals surface area contributed by atoms with Crippen LogP contribution in [0, 0.1) is 26.6 Å². The molecule has 5 nitrogen and oxygen atoms in total. The molecule has 2 aromatic carbocycles. The molecule has 4 rings (SSSR count). The van der Waals surface area contributed by atoms with Crippen molar-refractivity contribution < 1.29 is 14.3 Å². The summed E-state index contributed by atoms with van der Waals surface area (Å²) in [7, 11) is 1.76. The summed E-state index contributed by atoms with van der Waals surface area (Å²) >= 11 is 0. The fraction of sp³-hybridized carbons (Fsp3) is 0.400. The average molecular weight is 490 g/mol. The number of nitrogens with zero attached hydrogens (tertiary/aromatic N) is 3. The van der Waals surface area contributed by atoms with Crippen molar-refractivity contribution in [1.29, 1.82) is 0 Å². The zero-order chi connectivity index (χ0) is 26.4. The lowest BCUT2D eigenvalue weighted by molar-refractivity contribution is -0.122. The first kappa shape index (κ1) is 25.8. The lowest BCUT2D eigenvalue weighted by Crippen LogP contribution is -2.42. The Balaban J connectivity index is 1.82. The second-order valence-electron chi connectivity index (χ2n) is 10.9. The summed E-state index contributed by atoms with van der Waals surface area (Å²) in [4.78, 5) is 22.2. The van der Waals surface area contributed by atoms with Gasteiger partial charge in [-0.05, 0) is 89.3 Å². The van der Waals surface area contributed by atoms with E-state index in [4.69, 9.17) is 0 Å². The van der Waals surface area contributed by atoms with Crippen LogP contribution in [0.3, 0.4) is 0 Å². The SMILES string of the molecule is Cc1cc(C)cc(C(C)(C)C(=O)N(C)c2cnc(N3CCC[C@]3(C)O)cc2-c2ccc(F)cc2C)c1. The lowest BCUT2D eigenvalue weighted by atomic mass is 9.81. The van der Waals surface area contributed by atoms with Crippen LogP contribution < -0.4 is 9.80 Å². The van der Waals surface area contributed by atoms with Crippen LogP contribution >= 0.6 is 0 Å². The van der Waals surface area contributed by atoms with Crippen molar-refractivity contribution in [1.82, 2.24) is 4.98 Å². The Morgan fingerprint density at radius 3 is 2.33 bits per heavy atom. The molecule has 36 heavy (non-hydrogen) atoms. The number of hydrogen-bond acceptors (Lipinski definition) is 4. The van der Waals surface area contributed by atoms with Gasteiger partial charge in [0.05, 0.1) is 17.3 Å². The van der Waals surface area contributed by atoms with E-state index in [-0.39, 0.29) is 11.7 Å². The smallest absolute Gasteiger partial charge is 0.236 e. The maximum absolute atomic E-state index is 14.0. The molecule has 1 amide bonds. The van der Waals surface area contributed by atoms with Crippen LogP contribution in [0.2, 0.25) is 0 Å². The summed E-state index contributed by atoms with van der Waals surface area (Å²) < 4.78 is 14.0. The fourth-order valence-electron chi connectivity index (χ4n) is 5.29. The van der Waals surface area contributed by atoms with E-state index >= 15 is 0 Å². The van der Waals surface area contributed by atoms with E-state index in [0.717, 1.165) is 39.8 Å². The molecule has 1 aliphatic heterocycles. The third-order valence-electron chi connectivity index (χ3n) is 7.38. The summed E-state index contributed by atoms with van der Waals surface area (Å²) in [5.41, 5.74) is 4.39. The van der Waals surface area contributed by atoms with E-state index in [1.165, 1.54) is 12.1 Å². The molecule has 0 bridgehead atoms. The summed E-state index contributed by atoms with van der Waals surface area (Å²) in [5, 5.41) is 10.9. The van der Waals surface area contributed by atoms with Gasteiger partial charge in [-0.1, -0.05) is 35.4 Å². The van der Waals surface area contributed by atoms with Gasteiger partial charge in [0.2, 0.25) is 5.91 Å². The molecule has 2 heterocycles. The highest BCUT2D eigenvalue weighted by Gasteiger charge is 2.37. The maximum atomic E-state index is 14.0. The molecule has 1 aliphatic rings. The number of carbonyl (C=O) groups excluding carboxylic acids is 1. The van der Waals surface area contributed by atoms with E-state index in [0.29, 0.717) is 24.5 Å². The number of pyridine rings is 1. The maximum Gasteiger partial charge on any atom is 0.236 e. The van der Waals surface area contributed by atoms with E-state index in [9.17, 15) is 14.3 Å². The average Bonchev–Trinajstić information content (AvgIpc) is 3.16. The van der Waals surface area contributed by atoms with Gasteiger partial charge in [-0.3, -0.25) is 4.79 Å². The zero-order valence-corrected chi connectivity index (χ0v) is 22.3. The molecular formula is C30H36FN3O2. The minimum absolute atomic E-state index is 0.0729. The predicted octanol–water partition coefficient (Wildman–Crippen LogP) is 6.06. The van der Waals surface area contributed by atoms with E-state index in [1.807, 2.05) is 45.6 Å². The number of aliphatic hydroxyl groups is 1. The quantitative estimate of drug-likeness (QED) is 0.473. The van der Waals surface area contributed by atoms with Gasteiger partial charge in [0.15, 0.2) is 0 Å². The Hall–Kier alpha value is -3.25. The molecule has 1 saturated heterocycles. The summed E-state index contributed by atoms with van der Waals surface area (Å²) in [6, 6.07) is 12.8. The van der Waals surface area contributed by atoms with Crippen molar-refractivity contribution in [2.24, 2.45) is 0 Å². The summed E-state index contributed by atoms with van der Waals surface area (Å²) in [6.45, 7) is 12.3. The van der Waals surface area contributed by atoms with Crippen molar-refractivity contribution in [3.63, 3.8) is 0 Å². The number of anilines is 2. The molecule has 0 spiro atoms. The molecule has 3 aromatic rings. The van der Waals surface area contributed by atoms with Crippen molar-refractivity contribution in [3.05, 3.63) is 76.7 Å². The molecule has 1 N–H and O–H groups in total. The first-order chi connectivity index (χ1) is 16.8. The molecule has 0 aliphatic carbocycles. The van der Waals surface area contributed by atoms with E-state index in [2.05, 4.69) is 23.2 Å². The Morgan fingerprint density at radius 1 is 1.08 bits per heavy atom. The van der Waals surface area contributed by atoms with Crippen LogP contribution in [0.15, 0.2) is 48.7 Å². The number of hydrogen-bond donors (Lipinski definition) is 1. The van der Waals surface area contributed by atoms with Crippen molar-refractivity contribution in [3.8, 4) is 11.1 Å². The standard InChI is InChI=1S/C30H36FN3O2/c1-19-13-20(2)15-22(14-19)29(4,5)28(35)33(7)26-18-32-27(34-12-8-11-30(34,6)36)17-25(26)24-10-9-23(31)16-21(24)3/h9-10,13-18,36H,8,11-12H2,1-7H3/t30-/m0/s1. The Bertz CT molecular complexity index is 1300. The number of aryl methyl sites for hydroxylation is 3. The van der Waals surface area contributed by atoms with Crippen LogP contribution in [0.25, 0.3) is 11.1 Å². The van der Waals surface area contributed by atoms with E-state index < -0.39 is 11.1 Å². The normalized spacial score (nSPS) is 18.0. The second kappa shape index (κ2) is 9.32. The molecule has 0 saturated carbocycles. The van der Waals surface area contributed by atoms with Crippen LogP contribution in [0.4, 0.5) is 15.9 Å². The van der Waals surface area contributed by atoms with Gasteiger partial charge in [-0.25, -0.2) is 9.37 Å². The van der Waals surface area contributed by atoms with Crippen molar-refractivity contribution >= 4 is 17.4 Å². The highest BCUT2D eigenvalue weighted by molar-refractivity contribution is 6.03. The van der Waals surface area contributed by atoms with Gasteiger partial charge in [0.1, 0.15) is 17.4 Å². The highest BCUT2D eigenvalue weighted by atomic mass is 19.1. The van der Waals surface area contributed by atoms with Crippen molar-refractivity contribution in [2.45, 2.75) is 65.5 Å². The van der Waals surface area contributed by atoms with Crippen LogP contribution in [0.5, 0.6) is 0 Å². The monoisotopic (exact) mass is 489 g/mol. The molecule has 1 aromatic heterocycles. The Morgan fingerprint density at radius 2 is 1.75 bits per heavy atom. The minimum Gasteiger partial charge on any atom is -0.371 e. The lowest BCUT2D eigenvalue weighted by Gasteiger charge is -2.34. The number of amides is 1. The highest BCUT2D eigenvalue weighted by Crippen LogP contribution is 2.39. The Kier molecular flexibility index (Phi) is 6.69. The summed E-state index contributed by atoms with van der Waals surface area (Å²) in [6.07, 6.45) is 3.21.